The molecule has 0 fully saturated rings. The largest absolute Gasteiger partial charge is 0.337 e. The smallest absolute Gasteiger partial charge is 0.262 e. The van der Waals surface area contributed by atoms with Crippen molar-refractivity contribution < 1.29 is 4.52 Å². The highest BCUT2D eigenvalue weighted by Crippen LogP contribution is 2.35. The monoisotopic (exact) mass is 428 g/mol. The van der Waals surface area contributed by atoms with Crippen LogP contribution in [0.3, 0.4) is 0 Å². The minimum Gasteiger partial charge on any atom is -0.337 e. The van der Waals surface area contributed by atoms with Gasteiger partial charge in [-0.2, -0.15) is 4.98 Å². The van der Waals surface area contributed by atoms with E-state index in [-0.39, 0.29) is 12.1 Å². The molecule has 5 rings (SSSR count). The van der Waals surface area contributed by atoms with E-state index >= 15 is 0 Å². The highest BCUT2D eigenvalue weighted by atomic mass is 32.1. The molecule has 0 unspecified atom stereocenters. The summed E-state index contributed by atoms with van der Waals surface area (Å²) in [7, 11) is 0. The third kappa shape index (κ3) is 3.57. The van der Waals surface area contributed by atoms with Crippen molar-refractivity contribution in [3.8, 4) is 21.8 Å². The lowest BCUT2D eigenvalue weighted by Gasteiger charge is -2.02. The number of aromatic nitrogens is 4. The average molecular weight is 429 g/mol. The van der Waals surface area contributed by atoms with Gasteiger partial charge in [0.2, 0.25) is 11.7 Å². The van der Waals surface area contributed by atoms with E-state index in [1.165, 1.54) is 21.5 Å². The molecule has 0 N–H and O–H groups in total. The van der Waals surface area contributed by atoms with Gasteiger partial charge in [-0.15, -0.1) is 11.3 Å². The highest BCUT2D eigenvalue weighted by Gasteiger charge is 2.17. The van der Waals surface area contributed by atoms with Crippen molar-refractivity contribution >= 4 is 21.6 Å². The molecule has 6 nitrogen and oxygen atoms in total. The molecule has 31 heavy (non-hydrogen) atoms. The fourth-order valence-electron chi connectivity index (χ4n) is 3.61. The molecule has 0 aliphatic rings. The zero-order valence-electron chi connectivity index (χ0n) is 17.2. The first kappa shape index (κ1) is 19.4. The number of aryl methyl sites for hydroxylation is 2. The lowest BCUT2D eigenvalue weighted by molar-refractivity contribution is 0.369. The number of rotatable bonds is 5. The first-order valence-electron chi connectivity index (χ1n) is 10.1. The Morgan fingerprint density at radius 1 is 1.03 bits per heavy atom. The summed E-state index contributed by atoms with van der Waals surface area (Å²) in [5.74, 6) is 0.881. The molecule has 7 heteroatoms. The lowest BCUT2D eigenvalue weighted by Crippen LogP contribution is -2.21. The zero-order valence-corrected chi connectivity index (χ0v) is 18.0. The first-order valence-corrected chi connectivity index (χ1v) is 10.9. The Bertz CT molecular complexity index is 1420. The number of hydrogen-bond acceptors (Lipinski definition) is 6. The Balaban J connectivity index is 1.47. The van der Waals surface area contributed by atoms with Crippen LogP contribution in [-0.4, -0.2) is 19.7 Å². The number of fused-ring (bicyclic) bond motifs is 1. The van der Waals surface area contributed by atoms with Gasteiger partial charge >= 0.3 is 0 Å². The van der Waals surface area contributed by atoms with E-state index < -0.39 is 0 Å². The van der Waals surface area contributed by atoms with Crippen molar-refractivity contribution in [1.82, 2.24) is 19.7 Å². The van der Waals surface area contributed by atoms with Gasteiger partial charge in [-0.3, -0.25) is 9.36 Å². The first-order chi connectivity index (χ1) is 15.1. The summed E-state index contributed by atoms with van der Waals surface area (Å²) in [5.41, 5.74) is 4.06. The zero-order chi connectivity index (χ0) is 21.4. The summed E-state index contributed by atoms with van der Waals surface area (Å²) >= 11 is 1.53. The van der Waals surface area contributed by atoms with Crippen LogP contribution in [-0.2, 0) is 13.0 Å². The molecular weight excluding hydrogens is 408 g/mol. The predicted octanol–water partition coefficient (Wildman–Crippen LogP) is 5.09. The molecule has 0 radical (unpaired) electrons. The molecule has 154 valence electrons. The summed E-state index contributed by atoms with van der Waals surface area (Å²) in [4.78, 5) is 24.0. The van der Waals surface area contributed by atoms with E-state index in [0.717, 1.165) is 32.8 Å². The Kier molecular flexibility index (Phi) is 4.95. The maximum atomic E-state index is 13.2. The third-order valence-electron chi connectivity index (χ3n) is 5.35. The van der Waals surface area contributed by atoms with Crippen LogP contribution in [0.2, 0.25) is 0 Å². The van der Waals surface area contributed by atoms with E-state index in [4.69, 9.17) is 4.52 Å². The topological polar surface area (TPSA) is 73.8 Å². The summed E-state index contributed by atoms with van der Waals surface area (Å²) < 4.78 is 6.93. The number of nitrogens with zero attached hydrogens (tertiary/aromatic N) is 4. The Labute approximate surface area is 182 Å². The van der Waals surface area contributed by atoms with E-state index in [0.29, 0.717) is 17.1 Å². The molecule has 2 aromatic carbocycles. The number of hydrogen-bond donors (Lipinski definition) is 0. The van der Waals surface area contributed by atoms with E-state index in [1.54, 1.807) is 6.33 Å². The Morgan fingerprint density at radius 3 is 2.55 bits per heavy atom. The molecule has 0 amide bonds. The molecular formula is C24H20N4O2S. The van der Waals surface area contributed by atoms with E-state index in [9.17, 15) is 4.79 Å². The van der Waals surface area contributed by atoms with Crippen molar-refractivity contribution in [2.75, 3.05) is 0 Å². The molecule has 0 saturated heterocycles. The summed E-state index contributed by atoms with van der Waals surface area (Å²) in [5, 5.41) is 4.71. The number of thiophene rings is 1. The Morgan fingerprint density at radius 2 is 1.81 bits per heavy atom. The second-order valence-corrected chi connectivity index (χ2v) is 8.34. The van der Waals surface area contributed by atoms with Gasteiger partial charge in [0.05, 0.1) is 11.7 Å². The van der Waals surface area contributed by atoms with Crippen LogP contribution in [0.5, 0.6) is 0 Å². The third-order valence-corrected chi connectivity index (χ3v) is 6.60. The van der Waals surface area contributed by atoms with Crippen molar-refractivity contribution in [2.24, 2.45) is 0 Å². The van der Waals surface area contributed by atoms with Gasteiger partial charge in [-0.05, 0) is 30.0 Å². The van der Waals surface area contributed by atoms with Gasteiger partial charge < -0.3 is 4.52 Å². The van der Waals surface area contributed by atoms with Crippen LogP contribution in [0.1, 0.15) is 23.9 Å². The molecule has 0 spiro atoms. The van der Waals surface area contributed by atoms with Crippen LogP contribution >= 0.6 is 11.3 Å². The van der Waals surface area contributed by atoms with E-state index in [1.807, 2.05) is 49.4 Å². The normalized spacial score (nSPS) is 11.3. The molecule has 5 aromatic rings. The highest BCUT2D eigenvalue weighted by molar-refractivity contribution is 7.22. The van der Waals surface area contributed by atoms with Gasteiger partial charge in [0, 0.05) is 10.4 Å². The molecule has 3 aromatic heterocycles. The summed E-state index contributed by atoms with van der Waals surface area (Å²) in [6.07, 6.45) is 2.53. The van der Waals surface area contributed by atoms with Gasteiger partial charge in [0.1, 0.15) is 11.4 Å². The molecule has 0 aliphatic carbocycles. The van der Waals surface area contributed by atoms with Crippen LogP contribution in [0.25, 0.3) is 32.0 Å². The van der Waals surface area contributed by atoms with Gasteiger partial charge in [0.25, 0.3) is 5.56 Å². The van der Waals surface area contributed by atoms with Crippen LogP contribution in [0, 0.1) is 6.92 Å². The minimum absolute atomic E-state index is 0.104. The maximum absolute atomic E-state index is 13.2. The lowest BCUT2D eigenvalue weighted by atomic mass is 10.1. The maximum Gasteiger partial charge on any atom is 0.262 e. The molecule has 0 aliphatic heterocycles. The summed E-state index contributed by atoms with van der Waals surface area (Å²) in [6.45, 7) is 4.26. The quantitative estimate of drug-likeness (QED) is 0.390. The molecule has 0 saturated carbocycles. The average Bonchev–Trinajstić information content (AvgIpc) is 3.41. The van der Waals surface area contributed by atoms with Gasteiger partial charge in [0.15, 0.2) is 0 Å². The Hall–Kier alpha value is -3.58. The minimum atomic E-state index is -0.104. The fraction of sp³-hybridized carbons (Fsp3) is 0.167. The molecule has 3 heterocycles. The molecule has 0 bridgehead atoms. The van der Waals surface area contributed by atoms with Gasteiger partial charge in [-0.1, -0.05) is 66.7 Å². The molecule has 0 atom stereocenters. The van der Waals surface area contributed by atoms with Gasteiger partial charge in [-0.25, -0.2) is 4.98 Å². The van der Waals surface area contributed by atoms with Crippen LogP contribution in [0.4, 0.5) is 0 Å². The van der Waals surface area contributed by atoms with Crippen molar-refractivity contribution in [1.29, 1.82) is 0 Å². The van der Waals surface area contributed by atoms with Crippen molar-refractivity contribution in [3.05, 3.63) is 88.3 Å². The van der Waals surface area contributed by atoms with E-state index in [2.05, 4.69) is 34.2 Å². The summed E-state index contributed by atoms with van der Waals surface area (Å²) in [6, 6.07) is 18.1. The predicted molar refractivity (Wildman–Crippen MR) is 122 cm³/mol. The fourth-order valence-corrected chi connectivity index (χ4v) is 4.75. The second kappa shape index (κ2) is 7.92. The number of benzene rings is 2. The SMILES string of the molecule is CCc1ccc(-c2noc(Cn3cnc4sc(-c5ccccc5)c(C)c4c3=O)n2)cc1. The van der Waals surface area contributed by atoms with Crippen molar-refractivity contribution in [3.63, 3.8) is 0 Å². The van der Waals surface area contributed by atoms with Crippen LogP contribution in [0.15, 0.2) is 70.2 Å². The van der Waals surface area contributed by atoms with Crippen molar-refractivity contribution in [2.45, 2.75) is 26.8 Å². The second-order valence-electron chi connectivity index (χ2n) is 7.34. The standard InChI is InChI=1S/C24H20N4O2S/c1-3-16-9-11-18(12-10-16)22-26-19(30-27-22)13-28-14-25-23-20(24(28)29)15(2)21(31-23)17-7-5-4-6-8-17/h4-12,14H,3,13H2,1-2H3. The van der Waals surface area contributed by atoms with Crippen LogP contribution < -0.4 is 5.56 Å².